The maximum atomic E-state index is 5.75. The van der Waals surface area contributed by atoms with Crippen molar-refractivity contribution >= 4 is 11.0 Å². The zero-order valence-corrected chi connectivity index (χ0v) is 11.9. The van der Waals surface area contributed by atoms with E-state index in [0.717, 1.165) is 34.3 Å². The Hall–Kier alpha value is -2.30. The third-order valence-electron chi connectivity index (χ3n) is 3.66. The molecule has 0 spiro atoms. The molecule has 1 unspecified atom stereocenters. The largest absolute Gasteiger partial charge is 0.497 e. The van der Waals surface area contributed by atoms with Crippen LogP contribution in [0.2, 0.25) is 0 Å². The highest BCUT2D eigenvalue weighted by atomic mass is 16.5. The van der Waals surface area contributed by atoms with Crippen molar-refractivity contribution in [3.8, 4) is 5.75 Å². The molecule has 0 aliphatic heterocycles. The smallest absolute Gasteiger partial charge is 0.134 e. The molecule has 3 aromatic rings. The molecule has 0 aliphatic carbocycles. The third kappa shape index (κ3) is 2.77. The fourth-order valence-electron chi connectivity index (χ4n) is 2.56. The zero-order valence-electron chi connectivity index (χ0n) is 11.9. The van der Waals surface area contributed by atoms with Gasteiger partial charge in [-0.25, -0.2) is 0 Å². The average Bonchev–Trinajstić information content (AvgIpc) is 2.97. The van der Waals surface area contributed by atoms with Crippen LogP contribution in [0, 0.1) is 0 Å². The van der Waals surface area contributed by atoms with E-state index in [9.17, 15) is 0 Å². The molecule has 108 valence electrons. The molecule has 0 radical (unpaired) electrons. The van der Waals surface area contributed by atoms with E-state index in [-0.39, 0.29) is 6.04 Å². The second kappa shape index (κ2) is 5.99. The van der Waals surface area contributed by atoms with Crippen LogP contribution in [-0.2, 0) is 6.42 Å². The second-order valence-corrected chi connectivity index (χ2v) is 4.96. The molecule has 4 heteroatoms. The maximum Gasteiger partial charge on any atom is 0.134 e. The van der Waals surface area contributed by atoms with E-state index in [0.29, 0.717) is 0 Å². The number of benzene rings is 2. The number of hydrazine groups is 1. The molecule has 21 heavy (non-hydrogen) atoms. The van der Waals surface area contributed by atoms with Crippen molar-refractivity contribution in [3.05, 3.63) is 65.9 Å². The lowest BCUT2D eigenvalue weighted by Gasteiger charge is -2.15. The van der Waals surface area contributed by atoms with Crippen LogP contribution in [-0.4, -0.2) is 7.11 Å². The van der Waals surface area contributed by atoms with E-state index >= 15 is 0 Å². The topological polar surface area (TPSA) is 60.4 Å². The summed E-state index contributed by atoms with van der Waals surface area (Å²) in [5.74, 6) is 6.60. The molecule has 3 rings (SSSR count). The Kier molecular flexibility index (Phi) is 3.90. The van der Waals surface area contributed by atoms with Crippen LogP contribution in [0.4, 0.5) is 0 Å². The van der Waals surface area contributed by atoms with Gasteiger partial charge in [-0.3, -0.25) is 11.3 Å². The molecule has 0 amide bonds. The zero-order chi connectivity index (χ0) is 14.7. The average molecular weight is 282 g/mol. The molecule has 3 N–H and O–H groups in total. The molecular formula is C17H18N2O2. The molecule has 0 aliphatic rings. The first kappa shape index (κ1) is 13.7. The number of hydrogen-bond donors (Lipinski definition) is 2. The van der Waals surface area contributed by atoms with Crippen molar-refractivity contribution in [1.82, 2.24) is 5.43 Å². The summed E-state index contributed by atoms with van der Waals surface area (Å²) in [6.07, 6.45) is 2.53. The van der Waals surface area contributed by atoms with Crippen LogP contribution in [0.5, 0.6) is 5.75 Å². The van der Waals surface area contributed by atoms with Crippen molar-refractivity contribution in [2.75, 3.05) is 7.11 Å². The van der Waals surface area contributed by atoms with Gasteiger partial charge < -0.3 is 9.15 Å². The van der Waals surface area contributed by atoms with Crippen molar-refractivity contribution < 1.29 is 9.15 Å². The Balaban J connectivity index is 1.91. The minimum absolute atomic E-state index is 0.0132. The highest BCUT2D eigenvalue weighted by molar-refractivity contribution is 5.81. The number of nitrogens with two attached hydrogens (primary N) is 1. The Morgan fingerprint density at radius 3 is 2.86 bits per heavy atom. The summed E-state index contributed by atoms with van der Waals surface area (Å²) in [5, 5.41) is 1.09. The first-order chi connectivity index (χ1) is 10.3. The Morgan fingerprint density at radius 1 is 1.19 bits per heavy atom. The van der Waals surface area contributed by atoms with Gasteiger partial charge in [0.15, 0.2) is 0 Å². The summed E-state index contributed by atoms with van der Waals surface area (Å²) in [6, 6.07) is 15.9. The van der Waals surface area contributed by atoms with E-state index in [4.69, 9.17) is 15.0 Å². The van der Waals surface area contributed by atoms with E-state index in [1.807, 2.05) is 42.5 Å². The maximum absolute atomic E-state index is 5.75. The van der Waals surface area contributed by atoms with E-state index < -0.39 is 0 Å². The summed E-state index contributed by atoms with van der Waals surface area (Å²) in [7, 11) is 1.67. The molecule has 4 nitrogen and oxygen atoms in total. The number of furan rings is 1. The Bertz CT molecular complexity index is 736. The van der Waals surface area contributed by atoms with Gasteiger partial charge in [0.2, 0.25) is 0 Å². The molecule has 0 fully saturated rings. The highest BCUT2D eigenvalue weighted by Gasteiger charge is 2.16. The van der Waals surface area contributed by atoms with Crippen molar-refractivity contribution in [1.29, 1.82) is 0 Å². The molecule has 1 aromatic heterocycles. The number of ether oxygens (including phenoxy) is 1. The monoisotopic (exact) mass is 282 g/mol. The second-order valence-electron chi connectivity index (χ2n) is 4.96. The lowest BCUT2D eigenvalue weighted by molar-refractivity contribution is 0.414. The van der Waals surface area contributed by atoms with E-state index in [1.165, 1.54) is 0 Å². The van der Waals surface area contributed by atoms with Crippen molar-refractivity contribution in [2.45, 2.75) is 12.5 Å². The first-order valence-corrected chi connectivity index (χ1v) is 6.87. The molecule has 1 atom stereocenters. The summed E-state index contributed by atoms with van der Waals surface area (Å²) in [4.78, 5) is 0. The van der Waals surface area contributed by atoms with Crippen LogP contribution in [0.3, 0.4) is 0 Å². The van der Waals surface area contributed by atoms with Gasteiger partial charge in [-0.1, -0.05) is 30.3 Å². The minimum Gasteiger partial charge on any atom is -0.497 e. The van der Waals surface area contributed by atoms with Gasteiger partial charge in [0.05, 0.1) is 19.4 Å². The normalized spacial score (nSPS) is 12.5. The van der Waals surface area contributed by atoms with Gasteiger partial charge in [-0.15, -0.1) is 0 Å². The van der Waals surface area contributed by atoms with Crippen LogP contribution in [0.25, 0.3) is 11.0 Å². The summed E-state index contributed by atoms with van der Waals surface area (Å²) < 4.78 is 10.9. The Labute approximate surface area is 123 Å². The van der Waals surface area contributed by atoms with Gasteiger partial charge in [-0.2, -0.15) is 0 Å². The summed E-state index contributed by atoms with van der Waals surface area (Å²) >= 11 is 0. The number of para-hydroxylation sites is 1. The van der Waals surface area contributed by atoms with E-state index in [1.54, 1.807) is 13.4 Å². The number of methoxy groups -OCH3 is 1. The molecule has 2 aromatic carbocycles. The lowest BCUT2D eigenvalue weighted by Crippen LogP contribution is -2.29. The molecule has 1 heterocycles. The van der Waals surface area contributed by atoms with Gasteiger partial charge in [-0.05, 0) is 30.2 Å². The predicted octanol–water partition coefficient (Wildman–Crippen LogP) is 3.19. The Morgan fingerprint density at radius 2 is 2.05 bits per heavy atom. The molecule has 0 bridgehead atoms. The van der Waals surface area contributed by atoms with Gasteiger partial charge in [0, 0.05) is 10.9 Å². The highest BCUT2D eigenvalue weighted by Crippen LogP contribution is 2.28. The number of rotatable bonds is 5. The minimum atomic E-state index is -0.0132. The van der Waals surface area contributed by atoms with Crippen LogP contribution in [0.1, 0.15) is 17.2 Å². The van der Waals surface area contributed by atoms with Gasteiger partial charge in [0.25, 0.3) is 0 Å². The van der Waals surface area contributed by atoms with Crippen molar-refractivity contribution in [3.63, 3.8) is 0 Å². The van der Waals surface area contributed by atoms with Gasteiger partial charge >= 0.3 is 0 Å². The number of hydrogen-bond acceptors (Lipinski definition) is 4. The first-order valence-electron chi connectivity index (χ1n) is 6.87. The van der Waals surface area contributed by atoms with Gasteiger partial charge in [0.1, 0.15) is 11.3 Å². The molecule has 0 saturated carbocycles. The fraction of sp³-hybridized carbons (Fsp3) is 0.176. The standard InChI is InChI=1S/C17H18N2O2/c1-20-13-6-4-5-12(9-13)10-16(19-18)15-11-21-17-8-3-2-7-14(15)17/h2-9,11,16,19H,10,18H2,1H3. The summed E-state index contributed by atoms with van der Waals surface area (Å²) in [5.41, 5.74) is 5.98. The predicted molar refractivity (Wildman–Crippen MR) is 83.0 cm³/mol. The van der Waals surface area contributed by atoms with Crippen LogP contribution < -0.4 is 16.0 Å². The number of fused-ring (bicyclic) bond motifs is 1. The summed E-state index contributed by atoms with van der Waals surface area (Å²) in [6.45, 7) is 0. The van der Waals surface area contributed by atoms with Crippen LogP contribution in [0.15, 0.2) is 59.2 Å². The number of nitrogens with one attached hydrogen (secondary N) is 1. The lowest BCUT2D eigenvalue weighted by atomic mass is 9.99. The quantitative estimate of drug-likeness (QED) is 0.557. The molecule has 0 saturated heterocycles. The van der Waals surface area contributed by atoms with Crippen LogP contribution >= 0.6 is 0 Å². The molecular weight excluding hydrogens is 264 g/mol. The fourth-order valence-corrected chi connectivity index (χ4v) is 2.56. The SMILES string of the molecule is COc1cccc(CC(NN)c2coc3ccccc23)c1. The third-order valence-corrected chi connectivity index (χ3v) is 3.66. The van der Waals surface area contributed by atoms with Crippen molar-refractivity contribution in [2.24, 2.45) is 5.84 Å². The van der Waals surface area contributed by atoms with E-state index in [2.05, 4.69) is 11.5 Å².